The molecule has 306 valence electrons. The molecule has 0 saturated carbocycles. The van der Waals surface area contributed by atoms with Gasteiger partial charge in [-0.15, -0.1) is 12.4 Å². The number of amides is 2. The summed E-state index contributed by atoms with van der Waals surface area (Å²) in [7, 11) is 0. The molecule has 2 fully saturated rings. The van der Waals surface area contributed by atoms with Crippen LogP contribution in [0.3, 0.4) is 0 Å². The zero-order chi connectivity index (χ0) is 41.0. The van der Waals surface area contributed by atoms with Gasteiger partial charge >= 0.3 is 64.9 Å². The van der Waals surface area contributed by atoms with Gasteiger partial charge in [0.15, 0.2) is 11.6 Å². The summed E-state index contributed by atoms with van der Waals surface area (Å²) in [6.07, 6.45) is 3.66. The van der Waals surface area contributed by atoms with Gasteiger partial charge in [-0.2, -0.15) is 0 Å². The Morgan fingerprint density at radius 3 is 1.52 bits per heavy atom. The number of hydrogen-bond acceptors (Lipinski definition) is 6. The first-order valence-corrected chi connectivity index (χ1v) is 34.0. The molecule has 2 aliphatic heterocycles. The van der Waals surface area contributed by atoms with Crippen molar-refractivity contribution in [2.24, 2.45) is 0 Å². The van der Waals surface area contributed by atoms with Crippen molar-refractivity contribution in [1.29, 1.82) is 0 Å². The summed E-state index contributed by atoms with van der Waals surface area (Å²) in [5.74, 6) is -0.303. The SMILES string of the molecule is CI.Cl.O=C(c1ccccc1)c1ccccc1NC(=O)[C@H]1CCCN1.O=C(c1ccccc1)c1ccccc1NC(=O)[C@H]1CCCN1Cc1ccccc1.[I][V]([I])[I]. The fourth-order valence-electron chi connectivity index (χ4n) is 6.54. The normalized spacial score (nSPS) is 15.5. The number of likely N-dealkylation sites (tertiary alicyclic amines) is 1. The van der Waals surface area contributed by atoms with E-state index in [2.05, 4.69) is 116 Å². The second-order valence-corrected chi connectivity index (χ2v) is 48.3. The Labute approximate surface area is 399 Å². The van der Waals surface area contributed by atoms with Crippen LogP contribution in [0.5, 0.6) is 0 Å². The average Bonchev–Trinajstić information content (AvgIpc) is 3.96. The Morgan fingerprint density at radius 2 is 1.05 bits per heavy atom. The Balaban J connectivity index is 0.000000277. The van der Waals surface area contributed by atoms with E-state index in [-0.39, 0.29) is 52.8 Å². The van der Waals surface area contributed by atoms with Crippen molar-refractivity contribution in [3.05, 3.63) is 167 Å². The first-order valence-electron chi connectivity index (χ1n) is 18.4. The molecule has 0 aliphatic carbocycles. The van der Waals surface area contributed by atoms with Gasteiger partial charge < -0.3 is 16.0 Å². The molecule has 7 rings (SSSR count). The molecule has 5 aromatic carbocycles. The maximum absolute atomic E-state index is 13.1. The van der Waals surface area contributed by atoms with Crippen molar-refractivity contribution in [3.8, 4) is 0 Å². The summed E-state index contributed by atoms with van der Waals surface area (Å²) >= 11 is 9.54. The van der Waals surface area contributed by atoms with Crippen molar-refractivity contribution in [2.45, 2.75) is 44.3 Å². The third kappa shape index (κ3) is 16.2. The maximum atomic E-state index is 13.1. The Kier molecular flexibility index (Phi) is 24.2. The zero-order valence-corrected chi connectivity index (χ0v) is 42.7. The van der Waals surface area contributed by atoms with Gasteiger partial charge in [-0.1, -0.05) is 138 Å². The number of alkyl halides is 1. The van der Waals surface area contributed by atoms with E-state index in [0.717, 1.165) is 45.3 Å². The number of nitrogens with one attached hydrogen (secondary N) is 3. The van der Waals surface area contributed by atoms with E-state index < -0.39 is 0 Å². The summed E-state index contributed by atoms with van der Waals surface area (Å²) in [5, 5.41) is 9.06. The second-order valence-electron chi connectivity index (χ2n) is 12.9. The van der Waals surface area contributed by atoms with E-state index in [0.29, 0.717) is 33.6 Å². The number of anilines is 2. The topological polar surface area (TPSA) is 108 Å². The molecule has 0 aromatic heterocycles. The second kappa shape index (κ2) is 27.8. The molecule has 0 radical (unpaired) electrons. The van der Waals surface area contributed by atoms with Crippen LogP contribution in [0.1, 0.15) is 63.1 Å². The van der Waals surface area contributed by atoms with Gasteiger partial charge in [0.1, 0.15) is 0 Å². The van der Waals surface area contributed by atoms with Crippen LogP contribution in [-0.2, 0) is 21.1 Å². The van der Waals surface area contributed by atoms with E-state index in [1.165, 1.54) is 5.56 Å². The predicted octanol–water partition coefficient (Wildman–Crippen LogP) is 11.3. The molecule has 3 N–H and O–H groups in total. The number of para-hydroxylation sites is 2. The van der Waals surface area contributed by atoms with Gasteiger partial charge in [0, 0.05) is 28.8 Å². The summed E-state index contributed by atoms with van der Waals surface area (Å²) in [6, 6.07) is 42.4. The van der Waals surface area contributed by atoms with Crippen LogP contribution in [-0.4, -0.2) is 58.4 Å². The summed E-state index contributed by atoms with van der Waals surface area (Å²) in [6.45, 7) is 2.52. The molecule has 14 heteroatoms. The quantitative estimate of drug-likeness (QED) is 0.0731. The third-order valence-electron chi connectivity index (χ3n) is 9.20. The molecular formula is C44H46ClI4N4O4V. The van der Waals surface area contributed by atoms with Crippen LogP contribution in [0.4, 0.5) is 11.4 Å². The average molecular weight is 1290 g/mol. The van der Waals surface area contributed by atoms with E-state index in [1.54, 1.807) is 54.6 Å². The van der Waals surface area contributed by atoms with Crippen LogP contribution in [0.25, 0.3) is 0 Å². The first-order chi connectivity index (χ1) is 27.7. The van der Waals surface area contributed by atoms with E-state index >= 15 is 0 Å². The number of halogens is 5. The molecule has 2 atom stereocenters. The van der Waals surface area contributed by atoms with Crippen molar-refractivity contribution in [3.63, 3.8) is 0 Å². The number of carbonyl (C=O) groups is 4. The number of carbonyl (C=O) groups excluding carboxylic acids is 4. The molecule has 0 unspecified atom stereocenters. The molecule has 8 nitrogen and oxygen atoms in total. The minimum absolute atomic E-state index is 0. The van der Waals surface area contributed by atoms with Gasteiger partial charge in [0.25, 0.3) is 0 Å². The Hall–Kier alpha value is -1.91. The zero-order valence-electron chi connectivity index (χ0n) is 31.8. The van der Waals surface area contributed by atoms with Crippen LogP contribution in [0.15, 0.2) is 140 Å². The number of nitrogens with zero attached hydrogens (tertiary/aromatic N) is 1. The van der Waals surface area contributed by atoms with Crippen molar-refractivity contribution < 1.29 is 24.1 Å². The summed E-state index contributed by atoms with van der Waals surface area (Å²) < 4.78 is 0. The fraction of sp³-hybridized carbons (Fsp3) is 0.227. The van der Waals surface area contributed by atoms with E-state index in [1.807, 2.05) is 77.7 Å². The van der Waals surface area contributed by atoms with Crippen molar-refractivity contribution in [1.82, 2.24) is 10.2 Å². The van der Waals surface area contributed by atoms with Gasteiger partial charge in [-0.25, -0.2) is 0 Å². The molecule has 2 aliphatic rings. The molecule has 58 heavy (non-hydrogen) atoms. The summed E-state index contributed by atoms with van der Waals surface area (Å²) in [4.78, 5) is 54.7. The van der Waals surface area contributed by atoms with Crippen LogP contribution < -0.4 is 16.0 Å². The van der Waals surface area contributed by atoms with E-state index in [4.69, 9.17) is 0 Å². The molecule has 5 aromatic rings. The van der Waals surface area contributed by atoms with Crippen LogP contribution >= 0.6 is 94.9 Å². The van der Waals surface area contributed by atoms with Crippen molar-refractivity contribution >= 4 is 130 Å². The third-order valence-corrected chi connectivity index (χ3v) is 9.20. The predicted molar refractivity (Wildman–Crippen MR) is 270 cm³/mol. The number of hydrogen-bond donors (Lipinski definition) is 3. The fourth-order valence-corrected chi connectivity index (χ4v) is 6.54. The van der Waals surface area contributed by atoms with Crippen molar-refractivity contribution in [2.75, 3.05) is 28.7 Å². The van der Waals surface area contributed by atoms with Gasteiger partial charge in [-0.3, -0.25) is 24.1 Å². The monoisotopic (exact) mass is 1290 g/mol. The van der Waals surface area contributed by atoms with Crippen LogP contribution in [0, 0.1) is 0 Å². The molecule has 0 spiro atoms. The standard InChI is InChI=1S/C25H24N2O2.C18H18N2O2.CH3I.ClH.3HI.V/c28-24(20-12-5-2-6-13-20)21-14-7-8-15-22(21)26-25(29)23-16-9-17-27(23)18-19-10-3-1-4-11-19;21-17(13-7-2-1-3-8-13)14-9-4-5-10-15(14)20-18(22)16-11-6-12-19-16;1-2;;;;;/h1-8,10-15,23H,9,16-18H2,(H,26,29);1-5,7-10,16,19H,6,11-12H2,(H,20,22);1H3;4*1H;/q;;;;;;;+3/p-3/t23-;16-;;;;;;/m11....../s1. The summed E-state index contributed by atoms with van der Waals surface area (Å²) in [5.41, 5.74) is 4.59. The first kappa shape index (κ1) is 50.5. The van der Waals surface area contributed by atoms with Crippen LogP contribution in [0.2, 0.25) is 0 Å². The molecular weight excluding hydrogens is 1240 g/mol. The number of ketones is 2. The minimum atomic E-state index is -0.278. The molecule has 2 heterocycles. The van der Waals surface area contributed by atoms with Gasteiger partial charge in [0.05, 0.1) is 23.5 Å². The Morgan fingerprint density at radius 1 is 0.621 bits per heavy atom. The molecule has 2 amide bonds. The van der Waals surface area contributed by atoms with Gasteiger partial charge in [0.2, 0.25) is 11.8 Å². The molecule has 0 bridgehead atoms. The number of rotatable bonds is 10. The Bertz CT molecular complexity index is 2030. The van der Waals surface area contributed by atoms with E-state index in [9.17, 15) is 19.2 Å². The number of benzene rings is 5. The van der Waals surface area contributed by atoms with Gasteiger partial charge in [-0.05, 0) is 73.5 Å². The molecule has 2 saturated heterocycles.